The number of hydrogen-bond donors (Lipinski definition) is 1. The molecule has 2 aromatic rings. The van der Waals surface area contributed by atoms with Crippen LogP contribution in [0.4, 0.5) is 11.9 Å². The van der Waals surface area contributed by atoms with Crippen molar-refractivity contribution in [3.8, 4) is 0 Å². The van der Waals surface area contributed by atoms with Crippen LogP contribution < -0.4 is 14.5 Å². The van der Waals surface area contributed by atoms with Crippen molar-refractivity contribution in [1.29, 1.82) is 0 Å². The van der Waals surface area contributed by atoms with Gasteiger partial charge in [0.15, 0.2) is 10.9 Å². The standard InChI is InChI=1S/C16H26N8O2S/c1-5-23-11-14(18-12(23)2)27(25,26)17-10-13-19-15(22(3)4)21-16(20-13)24-8-6-7-9-24/h11,17H,5-10H2,1-4H3. The van der Waals surface area contributed by atoms with Crippen molar-refractivity contribution in [1.82, 2.24) is 29.2 Å². The molecule has 1 fully saturated rings. The molecular formula is C16H26N8O2S. The highest BCUT2D eigenvalue weighted by atomic mass is 32.2. The molecule has 10 nitrogen and oxygen atoms in total. The maximum atomic E-state index is 12.6. The number of anilines is 2. The van der Waals surface area contributed by atoms with E-state index in [0.717, 1.165) is 25.9 Å². The molecule has 0 atom stereocenters. The Kier molecular flexibility index (Phi) is 5.61. The summed E-state index contributed by atoms with van der Waals surface area (Å²) in [5.41, 5.74) is 0. The number of nitrogens with one attached hydrogen (secondary N) is 1. The summed E-state index contributed by atoms with van der Waals surface area (Å²) in [7, 11) is -0.0559. The van der Waals surface area contributed by atoms with Crippen LogP contribution in [0, 0.1) is 6.92 Å². The summed E-state index contributed by atoms with van der Waals surface area (Å²) in [5.74, 6) is 2.13. The van der Waals surface area contributed by atoms with E-state index in [1.807, 2.05) is 21.0 Å². The van der Waals surface area contributed by atoms with E-state index in [1.165, 1.54) is 6.20 Å². The van der Waals surface area contributed by atoms with Crippen molar-refractivity contribution in [2.24, 2.45) is 0 Å². The van der Waals surface area contributed by atoms with Crippen molar-refractivity contribution in [2.75, 3.05) is 37.0 Å². The van der Waals surface area contributed by atoms with Crippen molar-refractivity contribution >= 4 is 21.9 Å². The fourth-order valence-corrected chi connectivity index (χ4v) is 3.88. The van der Waals surface area contributed by atoms with Gasteiger partial charge < -0.3 is 14.4 Å². The average Bonchev–Trinajstić information content (AvgIpc) is 3.29. The predicted molar refractivity (Wildman–Crippen MR) is 102 cm³/mol. The van der Waals surface area contributed by atoms with Gasteiger partial charge >= 0.3 is 0 Å². The Morgan fingerprint density at radius 2 is 1.85 bits per heavy atom. The quantitative estimate of drug-likeness (QED) is 0.725. The molecule has 0 unspecified atom stereocenters. The normalized spacial score (nSPS) is 14.7. The number of imidazole rings is 1. The second kappa shape index (κ2) is 7.77. The zero-order valence-corrected chi connectivity index (χ0v) is 17.0. The van der Waals surface area contributed by atoms with E-state index < -0.39 is 10.0 Å². The molecule has 11 heteroatoms. The lowest BCUT2D eigenvalue weighted by molar-refractivity contribution is 0.575. The topological polar surface area (TPSA) is 109 Å². The summed E-state index contributed by atoms with van der Waals surface area (Å²) >= 11 is 0. The van der Waals surface area contributed by atoms with Gasteiger partial charge in [0.1, 0.15) is 5.82 Å². The van der Waals surface area contributed by atoms with Crippen molar-refractivity contribution < 1.29 is 8.42 Å². The Bertz CT molecular complexity index is 903. The van der Waals surface area contributed by atoms with Gasteiger partial charge in [-0.1, -0.05) is 0 Å². The fraction of sp³-hybridized carbons (Fsp3) is 0.625. The van der Waals surface area contributed by atoms with E-state index in [1.54, 1.807) is 16.4 Å². The SMILES string of the molecule is CCn1cc(S(=O)(=O)NCc2nc(N(C)C)nc(N3CCCC3)n2)nc1C. The van der Waals surface area contributed by atoms with E-state index >= 15 is 0 Å². The molecule has 0 saturated carbocycles. The summed E-state index contributed by atoms with van der Waals surface area (Å²) in [5, 5.41) is 0.00325. The minimum absolute atomic E-state index is 0.00325. The molecular weight excluding hydrogens is 368 g/mol. The van der Waals surface area contributed by atoms with Crippen LogP contribution in [-0.4, -0.2) is 60.1 Å². The highest BCUT2D eigenvalue weighted by Gasteiger charge is 2.21. The van der Waals surface area contributed by atoms with E-state index in [4.69, 9.17) is 0 Å². The van der Waals surface area contributed by atoms with E-state index in [0.29, 0.717) is 30.1 Å². The molecule has 0 aromatic carbocycles. The van der Waals surface area contributed by atoms with E-state index in [-0.39, 0.29) is 11.6 Å². The summed E-state index contributed by atoms with van der Waals surface area (Å²) in [6.45, 7) is 6.15. The third kappa shape index (κ3) is 4.35. The largest absolute Gasteiger partial charge is 0.347 e. The van der Waals surface area contributed by atoms with Crippen molar-refractivity contribution in [2.45, 2.75) is 44.8 Å². The molecule has 2 aromatic heterocycles. The molecule has 148 valence electrons. The first kappa shape index (κ1) is 19.5. The Morgan fingerprint density at radius 1 is 1.15 bits per heavy atom. The Morgan fingerprint density at radius 3 is 2.44 bits per heavy atom. The molecule has 1 N–H and O–H groups in total. The molecule has 3 heterocycles. The van der Waals surface area contributed by atoms with Gasteiger partial charge in [0.05, 0.1) is 6.54 Å². The second-order valence-electron chi connectivity index (χ2n) is 6.68. The third-order valence-electron chi connectivity index (χ3n) is 4.44. The summed E-state index contributed by atoms with van der Waals surface area (Å²) in [6, 6.07) is 0. The van der Waals surface area contributed by atoms with E-state index in [2.05, 4.69) is 29.6 Å². The smallest absolute Gasteiger partial charge is 0.260 e. The maximum absolute atomic E-state index is 12.6. The first-order valence-corrected chi connectivity index (χ1v) is 10.5. The highest BCUT2D eigenvalue weighted by Crippen LogP contribution is 2.18. The summed E-state index contributed by atoms with van der Waals surface area (Å²) < 4.78 is 29.5. The van der Waals surface area contributed by atoms with Crippen LogP contribution in [0.2, 0.25) is 0 Å². The summed E-state index contributed by atoms with van der Waals surface area (Å²) in [6.07, 6.45) is 3.74. The van der Waals surface area contributed by atoms with Gasteiger partial charge in [0.2, 0.25) is 11.9 Å². The Balaban J connectivity index is 1.81. The van der Waals surface area contributed by atoms with E-state index in [9.17, 15) is 8.42 Å². The fourth-order valence-electron chi connectivity index (χ4n) is 2.90. The Hall–Kier alpha value is -2.27. The average molecular weight is 395 g/mol. The molecule has 0 bridgehead atoms. The predicted octanol–water partition coefficient (Wildman–Crippen LogP) is 0.541. The van der Waals surface area contributed by atoms with Gasteiger partial charge in [-0.3, -0.25) is 0 Å². The zero-order valence-electron chi connectivity index (χ0n) is 16.2. The maximum Gasteiger partial charge on any atom is 0.260 e. The minimum atomic E-state index is -3.74. The highest BCUT2D eigenvalue weighted by molar-refractivity contribution is 7.89. The molecule has 0 spiro atoms. The van der Waals surface area contributed by atoms with Gasteiger partial charge in [-0.2, -0.15) is 15.0 Å². The molecule has 0 aliphatic carbocycles. The molecule has 0 amide bonds. The van der Waals surface area contributed by atoms with Gasteiger partial charge in [-0.05, 0) is 26.7 Å². The number of aromatic nitrogens is 5. The Labute approximate surface area is 159 Å². The molecule has 1 aliphatic heterocycles. The first-order chi connectivity index (χ1) is 12.8. The van der Waals surface area contributed by atoms with Gasteiger partial charge in [-0.15, -0.1) is 0 Å². The van der Waals surface area contributed by atoms with Crippen LogP contribution in [-0.2, 0) is 23.1 Å². The number of sulfonamides is 1. The van der Waals surface area contributed by atoms with Crippen molar-refractivity contribution in [3.63, 3.8) is 0 Å². The van der Waals surface area contributed by atoms with Crippen molar-refractivity contribution in [3.05, 3.63) is 17.8 Å². The van der Waals surface area contributed by atoms with Crippen LogP contribution in [0.25, 0.3) is 0 Å². The van der Waals surface area contributed by atoms with Gasteiger partial charge in [0, 0.05) is 39.9 Å². The van der Waals surface area contributed by atoms with Gasteiger partial charge in [0.25, 0.3) is 10.0 Å². The first-order valence-electron chi connectivity index (χ1n) is 9.01. The number of aryl methyl sites for hydroxylation is 2. The molecule has 27 heavy (non-hydrogen) atoms. The van der Waals surface area contributed by atoms with Crippen LogP contribution >= 0.6 is 0 Å². The monoisotopic (exact) mass is 394 g/mol. The molecule has 0 radical (unpaired) electrons. The molecule has 3 rings (SSSR count). The lowest BCUT2D eigenvalue weighted by Crippen LogP contribution is -2.28. The lowest BCUT2D eigenvalue weighted by Gasteiger charge is -2.18. The summed E-state index contributed by atoms with van der Waals surface area (Å²) in [4.78, 5) is 21.3. The molecule has 1 aliphatic rings. The zero-order chi connectivity index (χ0) is 19.6. The third-order valence-corrected chi connectivity index (χ3v) is 5.71. The van der Waals surface area contributed by atoms with Crippen LogP contribution in [0.5, 0.6) is 0 Å². The number of rotatable bonds is 7. The van der Waals surface area contributed by atoms with Crippen LogP contribution in [0.15, 0.2) is 11.2 Å². The minimum Gasteiger partial charge on any atom is -0.347 e. The van der Waals surface area contributed by atoms with Crippen LogP contribution in [0.3, 0.4) is 0 Å². The number of nitrogens with zero attached hydrogens (tertiary/aromatic N) is 7. The second-order valence-corrected chi connectivity index (χ2v) is 8.39. The number of hydrogen-bond acceptors (Lipinski definition) is 8. The van der Waals surface area contributed by atoms with Crippen LogP contribution in [0.1, 0.15) is 31.4 Å². The lowest BCUT2D eigenvalue weighted by atomic mass is 10.4. The van der Waals surface area contributed by atoms with Gasteiger partial charge in [-0.25, -0.2) is 18.1 Å². The molecule has 1 saturated heterocycles.